The van der Waals surface area contributed by atoms with E-state index in [0.717, 1.165) is 10.5 Å². The van der Waals surface area contributed by atoms with Crippen molar-refractivity contribution in [3.05, 3.63) is 99.4 Å². The number of rotatable bonds is 7. The number of benzene rings is 3. The van der Waals surface area contributed by atoms with E-state index in [9.17, 15) is 14.0 Å². The lowest BCUT2D eigenvalue weighted by molar-refractivity contribution is -0.123. The molecule has 0 saturated carbocycles. The van der Waals surface area contributed by atoms with Gasteiger partial charge in [0.1, 0.15) is 18.1 Å². The van der Waals surface area contributed by atoms with Crippen LogP contribution in [0.15, 0.2) is 76.9 Å². The van der Waals surface area contributed by atoms with E-state index in [1.54, 1.807) is 30.3 Å². The maximum absolute atomic E-state index is 13.4. The van der Waals surface area contributed by atoms with E-state index in [2.05, 4.69) is 21.2 Å². The molecule has 4 rings (SSSR count). The molecular formula is C25H20BrFN2O4. The van der Waals surface area contributed by atoms with Crippen LogP contribution in [0.4, 0.5) is 9.18 Å². The van der Waals surface area contributed by atoms with E-state index < -0.39 is 11.9 Å². The first-order chi connectivity index (χ1) is 15.9. The fraction of sp³-hybridized carbons (Fsp3) is 0.120. The monoisotopic (exact) mass is 510 g/mol. The Bertz CT molecular complexity index is 1230. The number of nitrogens with one attached hydrogen (secondary N) is 1. The Morgan fingerprint density at radius 3 is 2.48 bits per heavy atom. The Balaban J connectivity index is 1.54. The third kappa shape index (κ3) is 5.23. The maximum Gasteiger partial charge on any atom is 0.329 e. The van der Waals surface area contributed by atoms with Gasteiger partial charge in [-0.1, -0.05) is 58.4 Å². The first-order valence-electron chi connectivity index (χ1n) is 10.1. The fourth-order valence-electron chi connectivity index (χ4n) is 3.36. The number of imide groups is 1. The molecule has 1 fully saturated rings. The highest BCUT2D eigenvalue weighted by atomic mass is 79.9. The minimum atomic E-state index is -0.478. The molecule has 1 aliphatic heterocycles. The van der Waals surface area contributed by atoms with Gasteiger partial charge in [0, 0.05) is 4.47 Å². The summed E-state index contributed by atoms with van der Waals surface area (Å²) in [6.07, 6.45) is 1.58. The van der Waals surface area contributed by atoms with E-state index in [1.807, 2.05) is 30.3 Å². The van der Waals surface area contributed by atoms with E-state index in [-0.39, 0.29) is 24.7 Å². The molecule has 1 aliphatic rings. The molecule has 0 aromatic heterocycles. The maximum atomic E-state index is 13.4. The van der Waals surface area contributed by atoms with Crippen LogP contribution in [0, 0.1) is 5.82 Å². The van der Waals surface area contributed by atoms with Gasteiger partial charge in [0.2, 0.25) is 0 Å². The van der Waals surface area contributed by atoms with Crippen molar-refractivity contribution in [3.63, 3.8) is 0 Å². The van der Waals surface area contributed by atoms with Gasteiger partial charge in [-0.15, -0.1) is 0 Å². The zero-order chi connectivity index (χ0) is 23.4. The van der Waals surface area contributed by atoms with Crippen molar-refractivity contribution in [2.45, 2.75) is 13.2 Å². The van der Waals surface area contributed by atoms with Gasteiger partial charge >= 0.3 is 6.03 Å². The Morgan fingerprint density at radius 1 is 1.00 bits per heavy atom. The summed E-state index contributed by atoms with van der Waals surface area (Å²) in [4.78, 5) is 26.3. The largest absolute Gasteiger partial charge is 0.493 e. The summed E-state index contributed by atoms with van der Waals surface area (Å²) in [5.74, 6) is 0.125. The average Bonchev–Trinajstić information content (AvgIpc) is 3.07. The van der Waals surface area contributed by atoms with Crippen LogP contribution in [0.1, 0.15) is 16.7 Å². The van der Waals surface area contributed by atoms with Crippen LogP contribution in [0.25, 0.3) is 6.08 Å². The lowest BCUT2D eigenvalue weighted by Gasteiger charge is -2.13. The Hall–Kier alpha value is -3.65. The second kappa shape index (κ2) is 9.87. The number of halogens is 2. The van der Waals surface area contributed by atoms with E-state index in [4.69, 9.17) is 9.47 Å². The zero-order valence-corrected chi connectivity index (χ0v) is 19.3. The number of nitrogens with zero attached hydrogens (tertiary/aromatic N) is 1. The van der Waals surface area contributed by atoms with Gasteiger partial charge in [-0.05, 0) is 47.0 Å². The fourth-order valence-corrected chi connectivity index (χ4v) is 3.80. The third-order valence-electron chi connectivity index (χ3n) is 5.01. The first kappa shape index (κ1) is 22.5. The molecule has 33 heavy (non-hydrogen) atoms. The molecule has 3 aromatic carbocycles. The van der Waals surface area contributed by atoms with Crippen molar-refractivity contribution in [1.82, 2.24) is 10.2 Å². The van der Waals surface area contributed by atoms with Crippen molar-refractivity contribution in [3.8, 4) is 11.5 Å². The molecular weight excluding hydrogens is 491 g/mol. The van der Waals surface area contributed by atoms with Crippen LogP contribution in [0.5, 0.6) is 11.5 Å². The molecule has 3 amide bonds. The zero-order valence-electron chi connectivity index (χ0n) is 17.7. The summed E-state index contributed by atoms with van der Waals surface area (Å²) in [5, 5.41) is 2.62. The summed E-state index contributed by atoms with van der Waals surface area (Å²) in [6, 6.07) is 18.3. The lowest BCUT2D eigenvalue weighted by Crippen LogP contribution is -2.30. The molecule has 1 heterocycles. The molecule has 8 heteroatoms. The van der Waals surface area contributed by atoms with Gasteiger partial charge in [-0.2, -0.15) is 0 Å². The number of methoxy groups -OCH3 is 1. The number of hydrogen-bond acceptors (Lipinski definition) is 4. The number of carbonyl (C=O) groups is 2. The molecule has 0 aliphatic carbocycles. The highest BCUT2D eigenvalue weighted by Crippen LogP contribution is 2.35. The summed E-state index contributed by atoms with van der Waals surface area (Å²) in [6.45, 7) is 0.337. The molecule has 0 bridgehead atoms. The predicted octanol–water partition coefficient (Wildman–Crippen LogP) is 5.27. The van der Waals surface area contributed by atoms with Crippen molar-refractivity contribution >= 4 is 33.9 Å². The smallest absolute Gasteiger partial charge is 0.329 e. The minimum absolute atomic E-state index is 0.157. The molecule has 0 radical (unpaired) electrons. The third-order valence-corrected chi connectivity index (χ3v) is 5.70. The molecule has 1 N–H and O–H groups in total. The summed E-state index contributed by atoms with van der Waals surface area (Å²) in [7, 11) is 1.50. The van der Waals surface area contributed by atoms with Gasteiger partial charge in [-0.3, -0.25) is 9.69 Å². The minimum Gasteiger partial charge on any atom is -0.493 e. The topological polar surface area (TPSA) is 67.9 Å². The molecule has 3 aromatic rings. The number of ether oxygens (including phenoxy) is 2. The number of urea groups is 1. The summed E-state index contributed by atoms with van der Waals surface area (Å²) >= 11 is 3.48. The Morgan fingerprint density at radius 2 is 1.76 bits per heavy atom. The Labute approximate surface area is 198 Å². The van der Waals surface area contributed by atoms with Crippen LogP contribution in [0.3, 0.4) is 0 Å². The molecule has 0 atom stereocenters. The average molecular weight is 511 g/mol. The van der Waals surface area contributed by atoms with Crippen LogP contribution in [0.2, 0.25) is 0 Å². The van der Waals surface area contributed by atoms with Crippen LogP contribution in [-0.4, -0.2) is 23.9 Å². The molecule has 1 saturated heterocycles. The number of amides is 3. The number of carbonyl (C=O) groups excluding carboxylic acids is 2. The summed E-state index contributed by atoms with van der Waals surface area (Å²) < 4.78 is 25.3. The van der Waals surface area contributed by atoms with E-state index in [1.165, 1.54) is 19.2 Å². The van der Waals surface area contributed by atoms with Crippen molar-refractivity contribution in [2.24, 2.45) is 0 Å². The van der Waals surface area contributed by atoms with Crippen molar-refractivity contribution in [1.29, 1.82) is 0 Å². The van der Waals surface area contributed by atoms with Gasteiger partial charge in [0.15, 0.2) is 11.5 Å². The second-order valence-corrected chi connectivity index (χ2v) is 8.16. The normalized spacial score (nSPS) is 14.5. The Kier molecular flexibility index (Phi) is 6.74. The highest BCUT2D eigenvalue weighted by Gasteiger charge is 2.33. The van der Waals surface area contributed by atoms with Crippen LogP contribution in [-0.2, 0) is 17.9 Å². The van der Waals surface area contributed by atoms with Gasteiger partial charge in [0.25, 0.3) is 5.91 Å². The van der Waals surface area contributed by atoms with E-state index >= 15 is 0 Å². The van der Waals surface area contributed by atoms with Gasteiger partial charge in [-0.25, -0.2) is 9.18 Å². The van der Waals surface area contributed by atoms with Crippen molar-refractivity contribution in [2.75, 3.05) is 7.11 Å². The lowest BCUT2D eigenvalue weighted by atomic mass is 10.1. The SMILES string of the molecule is COc1cc(/C=C2/NC(=O)N(Cc3ccccc3)C2=O)c(Br)cc1OCc1cccc(F)c1. The van der Waals surface area contributed by atoms with Crippen molar-refractivity contribution < 1.29 is 23.5 Å². The molecule has 6 nitrogen and oxygen atoms in total. The number of hydrogen-bond donors (Lipinski definition) is 1. The van der Waals surface area contributed by atoms with Crippen LogP contribution < -0.4 is 14.8 Å². The quantitative estimate of drug-likeness (QED) is 0.347. The second-order valence-electron chi connectivity index (χ2n) is 7.31. The summed E-state index contributed by atoms with van der Waals surface area (Å²) in [5.41, 5.74) is 2.31. The molecule has 0 spiro atoms. The standard InChI is InChI=1S/C25H20BrFN2O4/c1-32-22-12-18(20(26)13-23(22)33-15-17-8-5-9-19(27)10-17)11-21-24(30)29(25(31)28-21)14-16-6-3-2-4-7-16/h2-13H,14-15H2,1H3,(H,28,31)/b21-11+. The molecule has 0 unspecified atom stereocenters. The van der Waals surface area contributed by atoms with Gasteiger partial charge in [0.05, 0.1) is 13.7 Å². The predicted molar refractivity (Wildman–Crippen MR) is 125 cm³/mol. The van der Waals surface area contributed by atoms with Crippen LogP contribution >= 0.6 is 15.9 Å². The van der Waals surface area contributed by atoms with E-state index in [0.29, 0.717) is 27.1 Å². The first-order valence-corrected chi connectivity index (χ1v) is 10.9. The van der Waals surface area contributed by atoms with Gasteiger partial charge < -0.3 is 14.8 Å². The highest BCUT2D eigenvalue weighted by molar-refractivity contribution is 9.10. The molecule has 168 valence electrons.